The fourth-order valence-corrected chi connectivity index (χ4v) is 4.18. The van der Waals surface area contributed by atoms with E-state index in [1.54, 1.807) is 0 Å². The predicted octanol–water partition coefficient (Wildman–Crippen LogP) is 0.823. The fourth-order valence-electron chi connectivity index (χ4n) is 1.96. The molecule has 2 rings (SSSR count). The minimum atomic E-state index is -2.86. The molecular weight excluding hydrogens is 272 g/mol. The van der Waals surface area contributed by atoms with E-state index in [9.17, 15) is 13.5 Å². The van der Waals surface area contributed by atoms with Crippen LogP contribution < -0.4 is 4.90 Å². The lowest BCUT2D eigenvalue weighted by atomic mass is 10.2. The highest BCUT2D eigenvalue weighted by molar-refractivity contribution is 7.91. The maximum Gasteiger partial charge on any atom is 0.185 e. The van der Waals surface area contributed by atoms with Gasteiger partial charge in [0.15, 0.2) is 15.0 Å². The summed E-state index contributed by atoms with van der Waals surface area (Å²) in [5.41, 5.74) is 0.952. The van der Waals surface area contributed by atoms with Crippen LogP contribution in [0.15, 0.2) is 0 Å². The topological polar surface area (TPSA) is 70.5 Å². The van der Waals surface area contributed by atoms with E-state index < -0.39 is 9.84 Å². The number of aryl methyl sites for hydroxylation is 1. The highest BCUT2D eigenvalue weighted by Gasteiger charge is 2.24. The van der Waals surface area contributed by atoms with E-state index in [0.29, 0.717) is 13.1 Å². The SMILES string of the molecule is CCCc1nc(N2CCS(=O)(=O)CC2)sc1CO. The van der Waals surface area contributed by atoms with Gasteiger partial charge in [0.1, 0.15) is 0 Å². The molecule has 1 aliphatic heterocycles. The van der Waals surface area contributed by atoms with Crippen LogP contribution in [0.3, 0.4) is 0 Å². The largest absolute Gasteiger partial charge is 0.391 e. The van der Waals surface area contributed by atoms with Gasteiger partial charge in [0.25, 0.3) is 0 Å². The third-order valence-corrected chi connectivity index (χ3v) is 5.76. The van der Waals surface area contributed by atoms with Crippen LogP contribution in [0.1, 0.15) is 23.9 Å². The molecule has 0 spiro atoms. The Labute approximate surface area is 111 Å². The molecular formula is C11H18N2O3S2. The normalized spacial score (nSPS) is 19.1. The number of sulfone groups is 1. The van der Waals surface area contributed by atoms with E-state index in [4.69, 9.17) is 0 Å². The zero-order valence-corrected chi connectivity index (χ0v) is 12.1. The molecule has 1 aromatic heterocycles. The first-order chi connectivity index (χ1) is 8.55. The van der Waals surface area contributed by atoms with Crippen molar-refractivity contribution in [1.82, 2.24) is 4.98 Å². The Hall–Kier alpha value is -0.660. The molecule has 1 fully saturated rings. The molecule has 7 heteroatoms. The molecule has 5 nitrogen and oxygen atoms in total. The van der Waals surface area contributed by atoms with Crippen molar-refractivity contribution in [1.29, 1.82) is 0 Å². The summed E-state index contributed by atoms with van der Waals surface area (Å²) in [4.78, 5) is 7.44. The smallest absolute Gasteiger partial charge is 0.185 e. The number of hydrogen-bond acceptors (Lipinski definition) is 6. The van der Waals surface area contributed by atoms with Gasteiger partial charge >= 0.3 is 0 Å². The number of nitrogens with zero attached hydrogens (tertiary/aromatic N) is 2. The van der Waals surface area contributed by atoms with Crippen LogP contribution in [0.2, 0.25) is 0 Å². The van der Waals surface area contributed by atoms with Gasteiger partial charge in [-0.25, -0.2) is 13.4 Å². The molecule has 1 aromatic rings. The second-order valence-corrected chi connectivity index (χ2v) is 7.78. The summed E-state index contributed by atoms with van der Waals surface area (Å²) >= 11 is 1.48. The molecule has 0 aromatic carbocycles. The third-order valence-electron chi connectivity index (χ3n) is 3.01. The number of hydrogen-bond donors (Lipinski definition) is 1. The lowest BCUT2D eigenvalue weighted by molar-refractivity contribution is 0.284. The molecule has 102 valence electrons. The molecule has 0 amide bonds. The zero-order chi connectivity index (χ0) is 13.2. The van der Waals surface area contributed by atoms with Crippen molar-refractivity contribution in [2.75, 3.05) is 29.5 Å². The van der Waals surface area contributed by atoms with E-state index in [2.05, 4.69) is 11.9 Å². The Kier molecular flexibility index (Phi) is 4.24. The number of aliphatic hydroxyl groups is 1. The lowest BCUT2D eigenvalue weighted by Crippen LogP contribution is -2.40. The van der Waals surface area contributed by atoms with Gasteiger partial charge in [-0.1, -0.05) is 24.7 Å². The summed E-state index contributed by atoms with van der Waals surface area (Å²) in [6, 6.07) is 0. The second-order valence-electron chi connectivity index (χ2n) is 4.41. The quantitative estimate of drug-likeness (QED) is 0.889. The number of aromatic nitrogens is 1. The molecule has 0 bridgehead atoms. The molecule has 0 unspecified atom stereocenters. The van der Waals surface area contributed by atoms with Crippen molar-refractivity contribution < 1.29 is 13.5 Å². The van der Waals surface area contributed by atoms with E-state index >= 15 is 0 Å². The van der Waals surface area contributed by atoms with E-state index in [0.717, 1.165) is 28.5 Å². The average Bonchev–Trinajstić information content (AvgIpc) is 2.73. The maximum absolute atomic E-state index is 11.4. The Morgan fingerprint density at radius 3 is 2.61 bits per heavy atom. The number of thiazole rings is 1. The summed E-state index contributed by atoms with van der Waals surface area (Å²) in [5, 5.41) is 10.1. The summed E-state index contributed by atoms with van der Waals surface area (Å²) in [7, 11) is -2.86. The van der Waals surface area contributed by atoms with Crippen molar-refractivity contribution in [3.05, 3.63) is 10.6 Å². The van der Waals surface area contributed by atoms with Gasteiger partial charge in [-0.3, -0.25) is 0 Å². The van der Waals surface area contributed by atoms with Gasteiger partial charge < -0.3 is 10.0 Å². The molecule has 1 saturated heterocycles. The summed E-state index contributed by atoms with van der Waals surface area (Å²) in [6.07, 6.45) is 1.85. The van der Waals surface area contributed by atoms with Gasteiger partial charge in [0.2, 0.25) is 0 Å². The summed E-state index contributed by atoms with van der Waals surface area (Å²) in [6.45, 7) is 3.10. The van der Waals surface area contributed by atoms with Crippen LogP contribution in [-0.2, 0) is 22.9 Å². The van der Waals surface area contributed by atoms with Gasteiger partial charge in [0.05, 0.1) is 28.7 Å². The van der Waals surface area contributed by atoms with Crippen LogP contribution in [0.5, 0.6) is 0 Å². The Morgan fingerprint density at radius 1 is 1.39 bits per heavy atom. The van der Waals surface area contributed by atoms with Crippen molar-refractivity contribution in [3.8, 4) is 0 Å². The minimum Gasteiger partial charge on any atom is -0.391 e. The minimum absolute atomic E-state index is 0.0130. The first-order valence-corrected chi connectivity index (χ1v) is 8.74. The van der Waals surface area contributed by atoms with E-state index in [-0.39, 0.29) is 18.1 Å². The first-order valence-electron chi connectivity index (χ1n) is 6.10. The Balaban J connectivity index is 2.14. The second kappa shape index (κ2) is 5.54. The van der Waals surface area contributed by atoms with Gasteiger partial charge in [0, 0.05) is 13.1 Å². The van der Waals surface area contributed by atoms with Crippen LogP contribution in [0.25, 0.3) is 0 Å². The van der Waals surface area contributed by atoms with Crippen LogP contribution in [0.4, 0.5) is 5.13 Å². The third kappa shape index (κ3) is 3.02. The van der Waals surface area contributed by atoms with E-state index in [1.165, 1.54) is 11.3 Å². The molecule has 1 N–H and O–H groups in total. The number of aliphatic hydroxyl groups excluding tert-OH is 1. The van der Waals surface area contributed by atoms with Gasteiger partial charge in [-0.05, 0) is 6.42 Å². The fraction of sp³-hybridized carbons (Fsp3) is 0.727. The lowest BCUT2D eigenvalue weighted by Gasteiger charge is -2.25. The van der Waals surface area contributed by atoms with Crippen molar-refractivity contribution in [2.24, 2.45) is 0 Å². The Bertz CT molecular complexity index is 496. The highest BCUT2D eigenvalue weighted by Crippen LogP contribution is 2.28. The predicted molar refractivity (Wildman–Crippen MR) is 72.9 cm³/mol. The van der Waals surface area contributed by atoms with Crippen molar-refractivity contribution >= 4 is 26.3 Å². The standard InChI is InChI=1S/C11H18N2O3S2/c1-2-3-9-10(8-14)17-11(12-9)13-4-6-18(15,16)7-5-13/h14H,2-8H2,1H3. The monoisotopic (exact) mass is 290 g/mol. The molecule has 0 aliphatic carbocycles. The van der Waals surface area contributed by atoms with Gasteiger partial charge in [-0.2, -0.15) is 0 Å². The number of anilines is 1. The molecule has 0 radical (unpaired) electrons. The summed E-state index contributed by atoms with van der Waals surface area (Å²) < 4.78 is 22.7. The molecule has 18 heavy (non-hydrogen) atoms. The van der Waals surface area contributed by atoms with Crippen LogP contribution in [-0.4, -0.2) is 43.1 Å². The number of rotatable bonds is 4. The first kappa shape index (κ1) is 13.8. The van der Waals surface area contributed by atoms with E-state index in [1.807, 2.05) is 4.90 Å². The Morgan fingerprint density at radius 2 is 2.06 bits per heavy atom. The van der Waals surface area contributed by atoms with Gasteiger partial charge in [-0.15, -0.1) is 0 Å². The van der Waals surface area contributed by atoms with Crippen molar-refractivity contribution in [3.63, 3.8) is 0 Å². The molecule has 0 atom stereocenters. The van der Waals surface area contributed by atoms with Crippen LogP contribution >= 0.6 is 11.3 Å². The highest BCUT2D eigenvalue weighted by atomic mass is 32.2. The molecule has 2 heterocycles. The zero-order valence-electron chi connectivity index (χ0n) is 10.4. The van der Waals surface area contributed by atoms with Crippen molar-refractivity contribution in [2.45, 2.75) is 26.4 Å². The maximum atomic E-state index is 11.4. The average molecular weight is 290 g/mol. The van der Waals surface area contributed by atoms with Crippen LogP contribution in [0, 0.1) is 0 Å². The summed E-state index contributed by atoms with van der Waals surface area (Å²) in [5.74, 6) is 0.397. The molecule has 0 saturated carbocycles. The molecule has 1 aliphatic rings.